The van der Waals surface area contributed by atoms with E-state index in [1.807, 2.05) is 0 Å². The van der Waals surface area contributed by atoms with Crippen molar-refractivity contribution < 1.29 is 4.74 Å². The molecular formula is C14H25N3O. The van der Waals surface area contributed by atoms with E-state index in [2.05, 4.69) is 34.9 Å². The fraction of sp³-hybridized carbons (Fsp3) is 0.786. The van der Waals surface area contributed by atoms with E-state index < -0.39 is 0 Å². The van der Waals surface area contributed by atoms with E-state index in [-0.39, 0.29) is 0 Å². The van der Waals surface area contributed by atoms with Crippen molar-refractivity contribution in [3.63, 3.8) is 0 Å². The van der Waals surface area contributed by atoms with Crippen LogP contribution in [-0.2, 0) is 4.74 Å². The average Bonchev–Trinajstić information content (AvgIpc) is 2.97. The van der Waals surface area contributed by atoms with E-state index in [0.29, 0.717) is 12.1 Å². The quantitative estimate of drug-likeness (QED) is 0.844. The molecule has 1 fully saturated rings. The minimum atomic E-state index is 0.344. The number of hydrogen-bond donors (Lipinski definition) is 1. The second-order valence-electron chi connectivity index (χ2n) is 5.26. The zero-order chi connectivity index (χ0) is 13.0. The molecule has 1 aromatic rings. The van der Waals surface area contributed by atoms with Crippen LogP contribution < -0.4 is 5.32 Å². The maximum atomic E-state index is 5.24. The lowest BCUT2D eigenvalue weighted by molar-refractivity contribution is 0.184. The fourth-order valence-corrected chi connectivity index (χ4v) is 2.73. The van der Waals surface area contributed by atoms with Crippen LogP contribution in [0.2, 0.25) is 0 Å². The predicted molar refractivity (Wildman–Crippen MR) is 74.0 cm³/mol. The largest absolute Gasteiger partial charge is 0.383 e. The van der Waals surface area contributed by atoms with Gasteiger partial charge in [-0.15, -0.1) is 0 Å². The molecule has 0 saturated heterocycles. The molecular weight excluding hydrogens is 226 g/mol. The lowest BCUT2D eigenvalue weighted by atomic mass is 10.2. The summed E-state index contributed by atoms with van der Waals surface area (Å²) in [7, 11) is 1.75. The van der Waals surface area contributed by atoms with E-state index in [9.17, 15) is 0 Å². The molecule has 1 aliphatic carbocycles. The minimum Gasteiger partial charge on any atom is -0.383 e. The summed E-state index contributed by atoms with van der Waals surface area (Å²) in [6, 6.07) is 0.978. The first-order chi connectivity index (χ1) is 8.74. The summed E-state index contributed by atoms with van der Waals surface area (Å²) in [5.41, 5.74) is 1.09. The van der Waals surface area contributed by atoms with Crippen LogP contribution in [0.5, 0.6) is 0 Å². The SMILES string of the molecule is CCC(COC)Nc1nc(C)cn1C1CCCC1. The van der Waals surface area contributed by atoms with Crippen molar-refractivity contribution >= 4 is 5.95 Å². The number of anilines is 1. The van der Waals surface area contributed by atoms with Crippen LogP contribution >= 0.6 is 0 Å². The van der Waals surface area contributed by atoms with Crippen LogP contribution in [0.15, 0.2) is 6.20 Å². The van der Waals surface area contributed by atoms with Crippen molar-refractivity contribution in [2.45, 2.75) is 58.0 Å². The average molecular weight is 251 g/mol. The molecule has 1 N–H and O–H groups in total. The normalized spacial score (nSPS) is 18.2. The molecule has 102 valence electrons. The van der Waals surface area contributed by atoms with E-state index >= 15 is 0 Å². The molecule has 0 aliphatic heterocycles. The molecule has 2 rings (SSSR count). The topological polar surface area (TPSA) is 39.1 Å². The van der Waals surface area contributed by atoms with Gasteiger partial charge in [0, 0.05) is 19.3 Å². The first-order valence-corrected chi connectivity index (χ1v) is 7.05. The highest BCUT2D eigenvalue weighted by atomic mass is 16.5. The van der Waals surface area contributed by atoms with Crippen molar-refractivity contribution in [1.29, 1.82) is 0 Å². The van der Waals surface area contributed by atoms with Crippen molar-refractivity contribution in [3.05, 3.63) is 11.9 Å². The van der Waals surface area contributed by atoms with Crippen LogP contribution in [-0.4, -0.2) is 29.3 Å². The summed E-state index contributed by atoms with van der Waals surface area (Å²) in [6.07, 6.45) is 8.48. The minimum absolute atomic E-state index is 0.344. The van der Waals surface area contributed by atoms with Gasteiger partial charge >= 0.3 is 0 Å². The zero-order valence-corrected chi connectivity index (χ0v) is 11.8. The Bertz CT molecular complexity index is 369. The highest BCUT2D eigenvalue weighted by molar-refractivity contribution is 5.31. The van der Waals surface area contributed by atoms with E-state index in [0.717, 1.165) is 24.7 Å². The van der Waals surface area contributed by atoms with Gasteiger partial charge < -0.3 is 14.6 Å². The van der Waals surface area contributed by atoms with Gasteiger partial charge in [-0.3, -0.25) is 0 Å². The molecule has 0 bridgehead atoms. The first kappa shape index (κ1) is 13.4. The third-order valence-electron chi connectivity index (χ3n) is 3.76. The molecule has 1 saturated carbocycles. The Labute approximate surface area is 110 Å². The number of rotatable bonds is 6. The molecule has 1 unspecified atom stereocenters. The molecule has 4 heteroatoms. The van der Waals surface area contributed by atoms with Crippen LogP contribution in [0.3, 0.4) is 0 Å². The van der Waals surface area contributed by atoms with E-state index in [1.54, 1.807) is 7.11 Å². The Morgan fingerprint density at radius 2 is 2.22 bits per heavy atom. The molecule has 0 amide bonds. The molecule has 1 aromatic heterocycles. The number of nitrogens with zero attached hydrogens (tertiary/aromatic N) is 2. The van der Waals surface area contributed by atoms with Crippen LogP contribution in [0.25, 0.3) is 0 Å². The highest BCUT2D eigenvalue weighted by Gasteiger charge is 2.21. The van der Waals surface area contributed by atoms with Crippen molar-refractivity contribution in [2.24, 2.45) is 0 Å². The maximum Gasteiger partial charge on any atom is 0.203 e. The van der Waals surface area contributed by atoms with Gasteiger partial charge in [-0.1, -0.05) is 19.8 Å². The molecule has 0 aromatic carbocycles. The summed E-state index contributed by atoms with van der Waals surface area (Å²) < 4.78 is 7.57. The predicted octanol–water partition coefficient (Wildman–Crippen LogP) is 3.14. The molecule has 1 aliphatic rings. The molecule has 4 nitrogen and oxygen atoms in total. The second-order valence-corrected chi connectivity index (χ2v) is 5.26. The second kappa shape index (κ2) is 6.23. The molecule has 0 spiro atoms. The van der Waals surface area contributed by atoms with Gasteiger partial charge in [-0.25, -0.2) is 4.98 Å². The number of imidazole rings is 1. The molecule has 0 radical (unpaired) electrons. The number of aromatic nitrogens is 2. The van der Waals surface area contributed by atoms with Crippen molar-refractivity contribution in [2.75, 3.05) is 19.0 Å². The van der Waals surface area contributed by atoms with Gasteiger partial charge in [0.2, 0.25) is 5.95 Å². The van der Waals surface area contributed by atoms with Crippen LogP contribution in [0.4, 0.5) is 5.95 Å². The highest BCUT2D eigenvalue weighted by Crippen LogP contribution is 2.32. The fourth-order valence-electron chi connectivity index (χ4n) is 2.73. The lowest BCUT2D eigenvalue weighted by Gasteiger charge is -2.20. The smallest absolute Gasteiger partial charge is 0.203 e. The summed E-state index contributed by atoms with van der Waals surface area (Å²) in [5, 5.41) is 3.52. The number of ether oxygens (including phenoxy) is 1. The standard InChI is InChI=1S/C14H25N3O/c1-4-12(10-18-3)16-14-15-11(2)9-17(14)13-7-5-6-8-13/h9,12-13H,4-8,10H2,1-3H3,(H,15,16). The lowest BCUT2D eigenvalue weighted by Crippen LogP contribution is -2.26. The summed E-state index contributed by atoms with van der Waals surface area (Å²) >= 11 is 0. The van der Waals surface area contributed by atoms with Crippen LogP contribution in [0, 0.1) is 6.92 Å². The number of aryl methyl sites for hydroxylation is 1. The Morgan fingerprint density at radius 3 is 2.83 bits per heavy atom. The first-order valence-electron chi connectivity index (χ1n) is 7.05. The van der Waals surface area contributed by atoms with Gasteiger partial charge in [0.15, 0.2) is 0 Å². The Morgan fingerprint density at radius 1 is 1.50 bits per heavy atom. The van der Waals surface area contributed by atoms with Gasteiger partial charge in [0.05, 0.1) is 18.3 Å². The number of hydrogen-bond acceptors (Lipinski definition) is 3. The molecule has 1 heterocycles. The van der Waals surface area contributed by atoms with Gasteiger partial charge in [-0.05, 0) is 26.2 Å². The van der Waals surface area contributed by atoms with E-state index in [4.69, 9.17) is 4.74 Å². The molecule has 18 heavy (non-hydrogen) atoms. The Balaban J connectivity index is 2.10. The summed E-state index contributed by atoms with van der Waals surface area (Å²) in [5.74, 6) is 1.02. The van der Waals surface area contributed by atoms with Crippen molar-refractivity contribution in [1.82, 2.24) is 9.55 Å². The monoisotopic (exact) mass is 251 g/mol. The van der Waals surface area contributed by atoms with Gasteiger partial charge in [0.25, 0.3) is 0 Å². The summed E-state index contributed by atoms with van der Waals surface area (Å²) in [6.45, 7) is 4.97. The number of nitrogens with one attached hydrogen (secondary N) is 1. The number of methoxy groups -OCH3 is 1. The molecule has 1 atom stereocenters. The van der Waals surface area contributed by atoms with Gasteiger partial charge in [0.1, 0.15) is 0 Å². The Kier molecular flexibility index (Phi) is 4.64. The summed E-state index contributed by atoms with van der Waals surface area (Å²) in [4.78, 5) is 4.62. The maximum absolute atomic E-state index is 5.24. The van der Waals surface area contributed by atoms with Gasteiger partial charge in [-0.2, -0.15) is 0 Å². The van der Waals surface area contributed by atoms with E-state index in [1.165, 1.54) is 25.7 Å². The zero-order valence-electron chi connectivity index (χ0n) is 11.8. The third kappa shape index (κ3) is 3.05. The van der Waals surface area contributed by atoms with Crippen LogP contribution in [0.1, 0.15) is 50.8 Å². The third-order valence-corrected chi connectivity index (χ3v) is 3.76. The Hall–Kier alpha value is -1.03. The van der Waals surface area contributed by atoms with Crippen molar-refractivity contribution in [3.8, 4) is 0 Å².